The van der Waals surface area contributed by atoms with Crippen molar-refractivity contribution in [1.29, 1.82) is 0 Å². The van der Waals surface area contributed by atoms with E-state index in [1.807, 2.05) is 32.5 Å². The number of nitrogens with one attached hydrogen (secondary N) is 2. The number of rotatable bonds is 7. The Morgan fingerprint density at radius 2 is 1.95 bits per heavy atom. The predicted molar refractivity (Wildman–Crippen MR) is 86.4 cm³/mol. The summed E-state index contributed by atoms with van der Waals surface area (Å²) in [6.45, 7) is 7.35. The maximum absolute atomic E-state index is 11.8. The molecule has 0 aliphatic heterocycles. The Morgan fingerprint density at radius 3 is 2.50 bits per heavy atom. The molecule has 0 aromatic carbocycles. The highest BCUT2D eigenvalue weighted by atomic mass is 32.2. The number of amides is 1. The fourth-order valence-electron chi connectivity index (χ4n) is 2.59. The van der Waals surface area contributed by atoms with Crippen molar-refractivity contribution in [3.63, 3.8) is 0 Å². The van der Waals surface area contributed by atoms with E-state index >= 15 is 0 Å². The third kappa shape index (κ3) is 6.84. The second kappa shape index (κ2) is 8.13. The SMILES string of the molecule is CSCCCNC1(CNC(=O)OC(C)(C)C)CCCC1. The van der Waals surface area contributed by atoms with Gasteiger partial charge in [0.05, 0.1) is 0 Å². The summed E-state index contributed by atoms with van der Waals surface area (Å²) in [6, 6.07) is 0. The van der Waals surface area contributed by atoms with Crippen molar-refractivity contribution < 1.29 is 9.53 Å². The van der Waals surface area contributed by atoms with Crippen molar-refractivity contribution in [1.82, 2.24) is 10.6 Å². The summed E-state index contributed by atoms with van der Waals surface area (Å²) in [6.07, 6.45) is 7.76. The van der Waals surface area contributed by atoms with Crippen LogP contribution in [0.25, 0.3) is 0 Å². The van der Waals surface area contributed by atoms with Gasteiger partial charge in [-0.25, -0.2) is 4.79 Å². The highest BCUT2D eigenvalue weighted by Crippen LogP contribution is 2.29. The maximum atomic E-state index is 11.8. The molecule has 0 bridgehead atoms. The van der Waals surface area contributed by atoms with Gasteiger partial charge in [0, 0.05) is 12.1 Å². The second-order valence-corrected chi connectivity index (χ2v) is 7.60. The Morgan fingerprint density at radius 1 is 1.30 bits per heavy atom. The number of hydrogen-bond acceptors (Lipinski definition) is 4. The van der Waals surface area contributed by atoms with Crippen LogP contribution in [0.15, 0.2) is 0 Å². The molecule has 0 unspecified atom stereocenters. The van der Waals surface area contributed by atoms with Gasteiger partial charge in [-0.05, 0) is 58.6 Å². The number of carbonyl (C=O) groups is 1. The Balaban J connectivity index is 2.36. The third-order valence-electron chi connectivity index (χ3n) is 3.56. The first-order chi connectivity index (χ1) is 9.37. The summed E-state index contributed by atoms with van der Waals surface area (Å²) in [4.78, 5) is 11.8. The largest absolute Gasteiger partial charge is 0.444 e. The Kier molecular flexibility index (Phi) is 7.17. The summed E-state index contributed by atoms with van der Waals surface area (Å²) in [5, 5.41) is 6.60. The summed E-state index contributed by atoms with van der Waals surface area (Å²) >= 11 is 1.88. The molecular formula is C15H30N2O2S. The van der Waals surface area contributed by atoms with Crippen LogP contribution in [0, 0.1) is 0 Å². The van der Waals surface area contributed by atoms with Crippen molar-refractivity contribution in [2.45, 2.75) is 64.0 Å². The van der Waals surface area contributed by atoms with Crippen LogP contribution in [0.1, 0.15) is 52.9 Å². The smallest absolute Gasteiger partial charge is 0.407 e. The molecule has 0 atom stereocenters. The van der Waals surface area contributed by atoms with Crippen molar-refractivity contribution >= 4 is 17.9 Å². The summed E-state index contributed by atoms with van der Waals surface area (Å²) in [5.41, 5.74) is -0.353. The lowest BCUT2D eigenvalue weighted by molar-refractivity contribution is 0.0510. The molecule has 0 radical (unpaired) electrons. The lowest BCUT2D eigenvalue weighted by Gasteiger charge is -2.31. The van der Waals surface area contributed by atoms with E-state index in [2.05, 4.69) is 16.9 Å². The lowest BCUT2D eigenvalue weighted by atomic mass is 9.97. The molecule has 1 aliphatic rings. The number of alkyl carbamates (subject to hydrolysis) is 1. The van der Waals surface area contributed by atoms with E-state index in [1.165, 1.54) is 25.0 Å². The molecule has 5 heteroatoms. The van der Waals surface area contributed by atoms with E-state index in [-0.39, 0.29) is 11.6 Å². The minimum Gasteiger partial charge on any atom is -0.444 e. The van der Waals surface area contributed by atoms with Crippen molar-refractivity contribution in [3.8, 4) is 0 Å². The standard InChI is InChI=1S/C15H30N2O2S/c1-14(2,3)19-13(18)16-12-15(8-5-6-9-15)17-10-7-11-20-4/h17H,5-12H2,1-4H3,(H,16,18). The Labute approximate surface area is 127 Å². The highest BCUT2D eigenvalue weighted by Gasteiger charge is 2.33. The molecule has 0 aromatic rings. The zero-order chi connectivity index (χ0) is 15.1. The van der Waals surface area contributed by atoms with E-state index in [4.69, 9.17) is 4.74 Å². The van der Waals surface area contributed by atoms with Gasteiger partial charge in [-0.3, -0.25) is 0 Å². The number of hydrogen-bond donors (Lipinski definition) is 2. The van der Waals surface area contributed by atoms with Gasteiger partial charge in [0.2, 0.25) is 0 Å². The van der Waals surface area contributed by atoms with Gasteiger partial charge in [0.15, 0.2) is 0 Å². The molecule has 1 saturated carbocycles. The minimum atomic E-state index is -0.432. The summed E-state index contributed by atoms with van der Waals surface area (Å²) < 4.78 is 5.30. The molecule has 0 saturated heterocycles. The molecule has 0 heterocycles. The predicted octanol–water partition coefficient (Wildman–Crippen LogP) is 3.17. The van der Waals surface area contributed by atoms with Crippen LogP contribution in [0.3, 0.4) is 0 Å². The number of carbonyl (C=O) groups excluding carboxylic acids is 1. The zero-order valence-electron chi connectivity index (χ0n) is 13.4. The molecule has 4 nitrogen and oxygen atoms in total. The molecule has 0 aromatic heterocycles. The first kappa shape index (κ1) is 17.6. The molecular weight excluding hydrogens is 272 g/mol. The van der Waals surface area contributed by atoms with Gasteiger partial charge < -0.3 is 15.4 Å². The van der Waals surface area contributed by atoms with E-state index < -0.39 is 5.60 Å². The van der Waals surface area contributed by atoms with E-state index in [0.717, 1.165) is 19.4 Å². The van der Waals surface area contributed by atoms with Gasteiger partial charge in [-0.1, -0.05) is 12.8 Å². The van der Waals surface area contributed by atoms with Crippen LogP contribution in [-0.4, -0.2) is 42.3 Å². The normalized spacial score (nSPS) is 18.0. The van der Waals surface area contributed by atoms with E-state index in [1.54, 1.807) is 0 Å². The average Bonchev–Trinajstić information content (AvgIpc) is 2.80. The maximum Gasteiger partial charge on any atom is 0.407 e. The van der Waals surface area contributed by atoms with Gasteiger partial charge >= 0.3 is 6.09 Å². The van der Waals surface area contributed by atoms with Crippen molar-refractivity contribution in [3.05, 3.63) is 0 Å². The molecule has 1 fully saturated rings. The molecule has 1 rings (SSSR count). The molecule has 1 aliphatic carbocycles. The van der Waals surface area contributed by atoms with Crippen LogP contribution in [0.4, 0.5) is 4.79 Å². The van der Waals surface area contributed by atoms with Crippen LogP contribution < -0.4 is 10.6 Å². The summed E-state index contributed by atoms with van der Waals surface area (Å²) in [5.74, 6) is 1.18. The monoisotopic (exact) mass is 302 g/mol. The van der Waals surface area contributed by atoms with Gasteiger partial charge in [-0.2, -0.15) is 11.8 Å². The number of ether oxygens (including phenoxy) is 1. The minimum absolute atomic E-state index is 0.0787. The zero-order valence-corrected chi connectivity index (χ0v) is 14.2. The average molecular weight is 302 g/mol. The van der Waals surface area contributed by atoms with Gasteiger partial charge in [0.25, 0.3) is 0 Å². The molecule has 1 amide bonds. The first-order valence-electron chi connectivity index (χ1n) is 7.58. The molecule has 20 heavy (non-hydrogen) atoms. The second-order valence-electron chi connectivity index (χ2n) is 6.62. The first-order valence-corrected chi connectivity index (χ1v) is 8.97. The molecule has 0 spiro atoms. The van der Waals surface area contributed by atoms with Crippen molar-refractivity contribution in [2.75, 3.05) is 25.1 Å². The van der Waals surface area contributed by atoms with Crippen LogP contribution in [-0.2, 0) is 4.74 Å². The van der Waals surface area contributed by atoms with Crippen LogP contribution in [0.2, 0.25) is 0 Å². The fourth-order valence-corrected chi connectivity index (χ4v) is 3.03. The van der Waals surface area contributed by atoms with E-state index in [0.29, 0.717) is 6.54 Å². The summed E-state index contributed by atoms with van der Waals surface area (Å²) in [7, 11) is 0. The molecule has 2 N–H and O–H groups in total. The molecule has 118 valence electrons. The quantitative estimate of drug-likeness (QED) is 0.709. The lowest BCUT2D eigenvalue weighted by Crippen LogP contribution is -2.52. The Bertz CT molecular complexity index is 297. The number of thioether (sulfide) groups is 1. The Hall–Kier alpha value is -0.420. The topological polar surface area (TPSA) is 50.4 Å². The van der Waals surface area contributed by atoms with Gasteiger partial charge in [0.1, 0.15) is 5.60 Å². The fraction of sp³-hybridized carbons (Fsp3) is 0.933. The van der Waals surface area contributed by atoms with Crippen LogP contribution >= 0.6 is 11.8 Å². The highest BCUT2D eigenvalue weighted by molar-refractivity contribution is 7.98. The van der Waals surface area contributed by atoms with Gasteiger partial charge in [-0.15, -0.1) is 0 Å². The third-order valence-corrected chi connectivity index (χ3v) is 4.25. The van der Waals surface area contributed by atoms with Crippen molar-refractivity contribution in [2.24, 2.45) is 0 Å². The van der Waals surface area contributed by atoms with E-state index in [9.17, 15) is 4.79 Å². The van der Waals surface area contributed by atoms with Crippen LogP contribution in [0.5, 0.6) is 0 Å².